The summed E-state index contributed by atoms with van der Waals surface area (Å²) < 4.78 is 0. The SMILES string of the molecule is CCCNC(c1ccccc1)c1nc(CC)c(C)s1. The molecule has 0 saturated carbocycles. The van der Waals surface area contributed by atoms with Gasteiger partial charge in [-0.3, -0.25) is 0 Å². The molecule has 2 rings (SSSR count). The summed E-state index contributed by atoms with van der Waals surface area (Å²) >= 11 is 1.82. The van der Waals surface area contributed by atoms with Gasteiger partial charge in [0.2, 0.25) is 0 Å². The van der Waals surface area contributed by atoms with Gasteiger partial charge in [0.15, 0.2) is 0 Å². The van der Waals surface area contributed by atoms with Crippen molar-refractivity contribution in [2.45, 2.75) is 39.7 Å². The fourth-order valence-electron chi connectivity index (χ4n) is 2.18. The summed E-state index contributed by atoms with van der Waals surface area (Å²) in [5.41, 5.74) is 2.53. The van der Waals surface area contributed by atoms with E-state index in [9.17, 15) is 0 Å². The minimum Gasteiger partial charge on any atom is -0.304 e. The van der Waals surface area contributed by atoms with Crippen LogP contribution in [0.25, 0.3) is 0 Å². The molecule has 1 unspecified atom stereocenters. The highest BCUT2D eigenvalue weighted by atomic mass is 32.1. The monoisotopic (exact) mass is 274 g/mol. The lowest BCUT2D eigenvalue weighted by Crippen LogP contribution is -2.23. The molecular formula is C16H22N2S. The summed E-state index contributed by atoms with van der Waals surface area (Å²) in [4.78, 5) is 6.16. The first-order valence-electron chi connectivity index (χ1n) is 7.00. The molecular weight excluding hydrogens is 252 g/mol. The van der Waals surface area contributed by atoms with Gasteiger partial charge >= 0.3 is 0 Å². The number of hydrogen-bond acceptors (Lipinski definition) is 3. The van der Waals surface area contributed by atoms with Crippen LogP contribution < -0.4 is 5.32 Å². The molecule has 0 amide bonds. The molecule has 0 aliphatic rings. The number of nitrogens with one attached hydrogen (secondary N) is 1. The lowest BCUT2D eigenvalue weighted by molar-refractivity contribution is 0.594. The standard InChI is InChI=1S/C16H22N2S/c1-4-11-17-15(13-9-7-6-8-10-13)16-18-14(5-2)12(3)19-16/h6-10,15,17H,4-5,11H2,1-3H3. The van der Waals surface area contributed by atoms with Gasteiger partial charge in [0.1, 0.15) is 5.01 Å². The highest BCUT2D eigenvalue weighted by Crippen LogP contribution is 2.28. The highest BCUT2D eigenvalue weighted by Gasteiger charge is 2.18. The van der Waals surface area contributed by atoms with E-state index in [0.29, 0.717) is 0 Å². The van der Waals surface area contributed by atoms with Crippen molar-refractivity contribution in [3.05, 3.63) is 51.5 Å². The molecule has 1 N–H and O–H groups in total. The van der Waals surface area contributed by atoms with Crippen LogP contribution >= 0.6 is 11.3 Å². The Bertz CT molecular complexity index is 505. The zero-order valence-corrected chi connectivity index (χ0v) is 12.8. The minimum atomic E-state index is 0.227. The Morgan fingerprint density at radius 2 is 1.95 bits per heavy atom. The molecule has 0 fully saturated rings. The topological polar surface area (TPSA) is 24.9 Å². The van der Waals surface area contributed by atoms with Crippen molar-refractivity contribution in [2.75, 3.05) is 6.54 Å². The van der Waals surface area contributed by atoms with Crippen LogP contribution in [-0.4, -0.2) is 11.5 Å². The van der Waals surface area contributed by atoms with Crippen LogP contribution in [0.15, 0.2) is 30.3 Å². The van der Waals surface area contributed by atoms with Crippen LogP contribution in [-0.2, 0) is 6.42 Å². The Balaban J connectivity index is 2.31. The number of rotatable bonds is 6. The van der Waals surface area contributed by atoms with Gasteiger partial charge in [-0.25, -0.2) is 4.98 Å². The van der Waals surface area contributed by atoms with E-state index in [2.05, 4.69) is 56.4 Å². The largest absolute Gasteiger partial charge is 0.304 e. The molecule has 0 bridgehead atoms. The van der Waals surface area contributed by atoms with Gasteiger partial charge in [-0.05, 0) is 31.9 Å². The maximum absolute atomic E-state index is 4.81. The van der Waals surface area contributed by atoms with Crippen molar-refractivity contribution in [1.29, 1.82) is 0 Å². The molecule has 19 heavy (non-hydrogen) atoms. The lowest BCUT2D eigenvalue weighted by Gasteiger charge is -2.16. The van der Waals surface area contributed by atoms with Gasteiger partial charge in [0.05, 0.1) is 11.7 Å². The molecule has 2 nitrogen and oxygen atoms in total. The molecule has 2 aromatic rings. The highest BCUT2D eigenvalue weighted by molar-refractivity contribution is 7.11. The van der Waals surface area contributed by atoms with Crippen LogP contribution in [0, 0.1) is 6.92 Å². The van der Waals surface area contributed by atoms with E-state index < -0.39 is 0 Å². The fraction of sp³-hybridized carbons (Fsp3) is 0.438. The smallest absolute Gasteiger partial charge is 0.115 e. The second kappa shape index (κ2) is 6.83. The number of hydrogen-bond donors (Lipinski definition) is 1. The van der Waals surface area contributed by atoms with E-state index in [1.807, 2.05) is 11.3 Å². The third-order valence-corrected chi connectivity index (χ3v) is 4.30. The van der Waals surface area contributed by atoms with Crippen molar-refractivity contribution in [3.8, 4) is 0 Å². The predicted octanol–water partition coefficient (Wildman–Crippen LogP) is 4.10. The van der Waals surface area contributed by atoms with Crippen LogP contribution in [0.5, 0.6) is 0 Å². The first kappa shape index (κ1) is 14.2. The minimum absolute atomic E-state index is 0.227. The molecule has 0 saturated heterocycles. The molecule has 1 heterocycles. The summed E-state index contributed by atoms with van der Waals surface area (Å²) in [6.45, 7) is 7.55. The van der Waals surface area contributed by atoms with E-state index in [-0.39, 0.29) is 6.04 Å². The first-order valence-corrected chi connectivity index (χ1v) is 7.82. The molecule has 1 atom stereocenters. The summed E-state index contributed by atoms with van der Waals surface area (Å²) in [5, 5.41) is 4.80. The van der Waals surface area contributed by atoms with Crippen molar-refractivity contribution in [2.24, 2.45) is 0 Å². The number of thiazole rings is 1. The molecule has 3 heteroatoms. The lowest BCUT2D eigenvalue weighted by atomic mass is 10.1. The first-order chi connectivity index (χ1) is 9.26. The predicted molar refractivity (Wildman–Crippen MR) is 82.8 cm³/mol. The zero-order valence-electron chi connectivity index (χ0n) is 11.9. The van der Waals surface area contributed by atoms with Crippen molar-refractivity contribution in [1.82, 2.24) is 10.3 Å². The third-order valence-electron chi connectivity index (χ3n) is 3.22. The van der Waals surface area contributed by atoms with Gasteiger partial charge in [-0.15, -0.1) is 11.3 Å². The molecule has 1 aromatic carbocycles. The van der Waals surface area contributed by atoms with E-state index in [0.717, 1.165) is 19.4 Å². The van der Waals surface area contributed by atoms with Crippen LogP contribution in [0.1, 0.15) is 47.5 Å². The number of benzene rings is 1. The molecule has 102 valence electrons. The Labute approximate surface area is 119 Å². The van der Waals surface area contributed by atoms with Crippen molar-refractivity contribution < 1.29 is 0 Å². The van der Waals surface area contributed by atoms with Crippen molar-refractivity contribution >= 4 is 11.3 Å². The average Bonchev–Trinajstić information content (AvgIpc) is 2.81. The number of aromatic nitrogens is 1. The summed E-state index contributed by atoms with van der Waals surface area (Å²) in [6, 6.07) is 10.8. The van der Waals surface area contributed by atoms with Gasteiger partial charge in [-0.1, -0.05) is 44.2 Å². The normalized spacial score (nSPS) is 12.6. The van der Waals surface area contributed by atoms with Crippen molar-refractivity contribution in [3.63, 3.8) is 0 Å². The van der Waals surface area contributed by atoms with Crippen LogP contribution in [0.3, 0.4) is 0 Å². The molecule has 0 radical (unpaired) electrons. The zero-order chi connectivity index (χ0) is 13.7. The van der Waals surface area contributed by atoms with Gasteiger partial charge in [0, 0.05) is 4.88 Å². The van der Waals surface area contributed by atoms with Crippen LogP contribution in [0.4, 0.5) is 0 Å². The van der Waals surface area contributed by atoms with E-state index >= 15 is 0 Å². The second-order valence-electron chi connectivity index (χ2n) is 4.71. The Morgan fingerprint density at radius 1 is 1.21 bits per heavy atom. The summed E-state index contributed by atoms with van der Waals surface area (Å²) in [7, 11) is 0. The second-order valence-corrected chi connectivity index (χ2v) is 5.94. The Kier molecular flexibility index (Phi) is 5.11. The number of aryl methyl sites for hydroxylation is 2. The maximum Gasteiger partial charge on any atom is 0.115 e. The quantitative estimate of drug-likeness (QED) is 0.857. The van der Waals surface area contributed by atoms with E-state index in [4.69, 9.17) is 4.98 Å². The Morgan fingerprint density at radius 3 is 2.53 bits per heavy atom. The van der Waals surface area contributed by atoms with Gasteiger partial charge in [0.25, 0.3) is 0 Å². The number of nitrogens with zero attached hydrogens (tertiary/aromatic N) is 1. The summed E-state index contributed by atoms with van der Waals surface area (Å²) in [5.74, 6) is 0. The molecule has 1 aromatic heterocycles. The maximum atomic E-state index is 4.81. The molecule has 0 aliphatic heterocycles. The average molecular weight is 274 g/mol. The van der Waals surface area contributed by atoms with Gasteiger partial charge < -0.3 is 5.32 Å². The van der Waals surface area contributed by atoms with Crippen LogP contribution in [0.2, 0.25) is 0 Å². The van der Waals surface area contributed by atoms with E-state index in [1.54, 1.807) is 0 Å². The summed E-state index contributed by atoms with van der Waals surface area (Å²) in [6.07, 6.45) is 2.14. The molecule has 0 spiro atoms. The fourth-order valence-corrected chi connectivity index (χ4v) is 3.30. The van der Waals surface area contributed by atoms with Gasteiger partial charge in [-0.2, -0.15) is 0 Å². The third kappa shape index (κ3) is 3.43. The Hall–Kier alpha value is -1.19. The molecule has 0 aliphatic carbocycles. The van der Waals surface area contributed by atoms with E-state index in [1.165, 1.54) is 21.1 Å².